The molecule has 0 amide bonds. The summed E-state index contributed by atoms with van der Waals surface area (Å²) in [5.41, 5.74) is 2.34. The van der Waals surface area contributed by atoms with Crippen LogP contribution in [0.5, 0.6) is 0 Å². The van der Waals surface area contributed by atoms with Gasteiger partial charge in [-0.25, -0.2) is 13.1 Å². The maximum absolute atomic E-state index is 12.3. The van der Waals surface area contributed by atoms with Gasteiger partial charge in [0, 0.05) is 17.1 Å². The molecule has 20 heavy (non-hydrogen) atoms. The van der Waals surface area contributed by atoms with E-state index in [9.17, 15) is 8.42 Å². The van der Waals surface area contributed by atoms with Gasteiger partial charge in [0.15, 0.2) is 0 Å². The number of aromatic nitrogens is 1. The van der Waals surface area contributed by atoms with Crippen molar-refractivity contribution in [1.82, 2.24) is 9.71 Å². The van der Waals surface area contributed by atoms with E-state index in [2.05, 4.69) is 15.0 Å². The molecule has 0 aliphatic carbocycles. The highest BCUT2D eigenvalue weighted by Crippen LogP contribution is 2.22. The van der Waals surface area contributed by atoms with Gasteiger partial charge in [-0.2, -0.15) is 0 Å². The number of thiazole rings is 1. The Labute approximate surface area is 123 Å². The van der Waals surface area contributed by atoms with E-state index in [1.54, 1.807) is 43.8 Å². The molecule has 5 nitrogen and oxygen atoms in total. The van der Waals surface area contributed by atoms with Crippen LogP contribution in [-0.2, 0) is 16.6 Å². The average Bonchev–Trinajstić information content (AvgIpc) is 2.88. The van der Waals surface area contributed by atoms with Crippen LogP contribution in [0.1, 0.15) is 18.7 Å². The van der Waals surface area contributed by atoms with Crippen LogP contribution in [0.4, 0.5) is 5.69 Å². The smallest absolute Gasteiger partial charge is 0.242 e. The molecule has 1 aromatic heterocycles. The van der Waals surface area contributed by atoms with Crippen molar-refractivity contribution in [3.63, 3.8) is 0 Å². The molecular formula is C13H17N3O2S2. The Morgan fingerprint density at radius 3 is 2.70 bits per heavy atom. The fraction of sp³-hybridized carbons (Fsp3) is 0.308. The first-order valence-electron chi connectivity index (χ1n) is 6.21. The van der Waals surface area contributed by atoms with Crippen LogP contribution in [0.15, 0.2) is 40.9 Å². The van der Waals surface area contributed by atoms with Gasteiger partial charge >= 0.3 is 0 Å². The number of para-hydroxylation sites is 1. The minimum Gasteiger partial charge on any atom is -0.379 e. The van der Waals surface area contributed by atoms with Crippen molar-refractivity contribution in [1.29, 1.82) is 0 Å². The zero-order valence-electron chi connectivity index (χ0n) is 11.3. The Kier molecular flexibility index (Phi) is 4.74. The summed E-state index contributed by atoms with van der Waals surface area (Å²) in [6, 6.07) is 6.74. The second kappa shape index (κ2) is 6.34. The molecule has 7 heteroatoms. The standard InChI is InChI=1S/C13H17N3O2S2/c1-10(2)16-20(17,18)13-6-4-3-5-12(13)15-8-11-7-14-9-19-11/h3-7,9-10,15-16H,8H2,1-2H3. The van der Waals surface area contributed by atoms with Gasteiger partial charge in [-0.05, 0) is 26.0 Å². The summed E-state index contributed by atoms with van der Waals surface area (Å²) in [5, 5.41) is 3.15. The molecule has 108 valence electrons. The van der Waals surface area contributed by atoms with Crippen molar-refractivity contribution in [3.05, 3.63) is 40.8 Å². The van der Waals surface area contributed by atoms with E-state index < -0.39 is 10.0 Å². The molecule has 2 rings (SSSR count). The maximum atomic E-state index is 12.3. The predicted molar refractivity (Wildman–Crippen MR) is 81.3 cm³/mol. The fourth-order valence-corrected chi connectivity index (χ4v) is 3.70. The number of hydrogen-bond donors (Lipinski definition) is 2. The van der Waals surface area contributed by atoms with E-state index >= 15 is 0 Å². The molecule has 1 aromatic carbocycles. The van der Waals surface area contributed by atoms with Crippen molar-refractivity contribution < 1.29 is 8.42 Å². The van der Waals surface area contributed by atoms with Crippen molar-refractivity contribution in [3.8, 4) is 0 Å². The highest BCUT2D eigenvalue weighted by molar-refractivity contribution is 7.89. The van der Waals surface area contributed by atoms with Crippen LogP contribution in [0.3, 0.4) is 0 Å². The fourth-order valence-electron chi connectivity index (χ4n) is 1.73. The second-order valence-corrected chi connectivity index (χ2v) is 7.25. The van der Waals surface area contributed by atoms with Crippen LogP contribution in [0.25, 0.3) is 0 Å². The molecule has 0 aliphatic rings. The Bertz CT molecular complexity index is 652. The summed E-state index contributed by atoms with van der Waals surface area (Å²) in [6.45, 7) is 4.15. The van der Waals surface area contributed by atoms with Gasteiger partial charge in [0.2, 0.25) is 10.0 Å². The number of rotatable bonds is 6. The third-order valence-corrected chi connectivity index (χ3v) is 5.00. The Morgan fingerprint density at radius 2 is 2.05 bits per heavy atom. The van der Waals surface area contributed by atoms with E-state index in [-0.39, 0.29) is 10.9 Å². The lowest BCUT2D eigenvalue weighted by molar-refractivity contribution is 0.570. The Hall–Kier alpha value is -1.44. The highest BCUT2D eigenvalue weighted by Gasteiger charge is 2.18. The average molecular weight is 311 g/mol. The highest BCUT2D eigenvalue weighted by atomic mass is 32.2. The summed E-state index contributed by atoms with van der Waals surface area (Å²) in [6.07, 6.45) is 1.77. The van der Waals surface area contributed by atoms with Crippen LogP contribution in [0, 0.1) is 0 Å². The summed E-state index contributed by atoms with van der Waals surface area (Å²) in [4.78, 5) is 5.31. The molecule has 0 saturated heterocycles. The number of benzene rings is 1. The van der Waals surface area contributed by atoms with E-state index in [1.807, 2.05) is 6.07 Å². The van der Waals surface area contributed by atoms with Crippen LogP contribution < -0.4 is 10.0 Å². The van der Waals surface area contributed by atoms with E-state index in [0.29, 0.717) is 12.2 Å². The largest absolute Gasteiger partial charge is 0.379 e. The van der Waals surface area contributed by atoms with Crippen LogP contribution in [-0.4, -0.2) is 19.4 Å². The van der Waals surface area contributed by atoms with Gasteiger partial charge in [0.25, 0.3) is 0 Å². The minimum absolute atomic E-state index is 0.144. The normalized spacial score (nSPS) is 11.8. The van der Waals surface area contributed by atoms with Crippen molar-refractivity contribution in [2.45, 2.75) is 31.3 Å². The van der Waals surface area contributed by atoms with Crippen molar-refractivity contribution >= 4 is 27.0 Å². The molecule has 0 spiro atoms. The number of sulfonamides is 1. The molecular weight excluding hydrogens is 294 g/mol. The van der Waals surface area contributed by atoms with Gasteiger partial charge in [-0.15, -0.1) is 11.3 Å². The van der Waals surface area contributed by atoms with Crippen LogP contribution >= 0.6 is 11.3 Å². The maximum Gasteiger partial charge on any atom is 0.242 e. The third kappa shape index (κ3) is 3.78. The Balaban J connectivity index is 2.22. The summed E-state index contributed by atoms with van der Waals surface area (Å²) in [7, 11) is -3.51. The molecule has 0 radical (unpaired) electrons. The molecule has 0 fully saturated rings. The summed E-state index contributed by atoms with van der Waals surface area (Å²) in [5.74, 6) is 0. The summed E-state index contributed by atoms with van der Waals surface area (Å²) < 4.78 is 27.1. The lowest BCUT2D eigenvalue weighted by Crippen LogP contribution is -2.30. The molecule has 1 heterocycles. The number of anilines is 1. The van der Waals surface area contributed by atoms with E-state index in [1.165, 1.54) is 11.3 Å². The lowest BCUT2D eigenvalue weighted by atomic mass is 10.3. The number of hydrogen-bond acceptors (Lipinski definition) is 5. The van der Waals surface area contributed by atoms with Gasteiger partial charge < -0.3 is 5.32 Å². The van der Waals surface area contributed by atoms with Gasteiger partial charge in [-0.3, -0.25) is 4.98 Å². The molecule has 0 bridgehead atoms. The summed E-state index contributed by atoms with van der Waals surface area (Å²) >= 11 is 1.53. The molecule has 0 saturated carbocycles. The Morgan fingerprint density at radius 1 is 1.30 bits per heavy atom. The second-order valence-electron chi connectivity index (χ2n) is 4.59. The predicted octanol–water partition coefficient (Wildman–Crippen LogP) is 2.44. The number of nitrogens with one attached hydrogen (secondary N) is 2. The van der Waals surface area contributed by atoms with E-state index in [0.717, 1.165) is 4.88 Å². The SMILES string of the molecule is CC(C)NS(=O)(=O)c1ccccc1NCc1cncs1. The first kappa shape index (κ1) is 15.0. The zero-order valence-corrected chi connectivity index (χ0v) is 13.0. The van der Waals surface area contributed by atoms with Gasteiger partial charge in [0.1, 0.15) is 4.90 Å². The minimum atomic E-state index is -3.51. The molecule has 0 atom stereocenters. The van der Waals surface area contributed by atoms with Crippen LogP contribution in [0.2, 0.25) is 0 Å². The molecule has 2 N–H and O–H groups in total. The van der Waals surface area contributed by atoms with Gasteiger partial charge in [-0.1, -0.05) is 12.1 Å². The molecule has 2 aromatic rings. The number of nitrogens with zero attached hydrogens (tertiary/aromatic N) is 1. The zero-order chi connectivity index (χ0) is 14.6. The monoisotopic (exact) mass is 311 g/mol. The first-order valence-corrected chi connectivity index (χ1v) is 8.58. The molecule has 0 unspecified atom stereocenters. The lowest BCUT2D eigenvalue weighted by Gasteiger charge is -2.14. The van der Waals surface area contributed by atoms with Crippen molar-refractivity contribution in [2.24, 2.45) is 0 Å². The van der Waals surface area contributed by atoms with Crippen molar-refractivity contribution in [2.75, 3.05) is 5.32 Å². The van der Waals surface area contributed by atoms with Gasteiger partial charge in [0.05, 0.1) is 17.7 Å². The first-order chi connectivity index (χ1) is 9.49. The molecule has 0 aliphatic heterocycles. The quantitative estimate of drug-likeness (QED) is 0.859. The topological polar surface area (TPSA) is 71.1 Å². The third-order valence-electron chi connectivity index (χ3n) is 2.50. The van der Waals surface area contributed by atoms with E-state index in [4.69, 9.17) is 0 Å².